The van der Waals surface area contributed by atoms with Crippen LogP contribution in [0.1, 0.15) is 48.9 Å². The predicted octanol–water partition coefficient (Wildman–Crippen LogP) is 3.95. The maximum atomic E-state index is 12.7. The number of benzene rings is 1. The first-order chi connectivity index (χ1) is 12.9. The van der Waals surface area contributed by atoms with Crippen LogP contribution >= 0.6 is 0 Å². The maximum Gasteiger partial charge on any atom is 0.391 e. The predicted molar refractivity (Wildman–Crippen MR) is 96.7 cm³/mol. The maximum absolute atomic E-state index is 12.7. The molecule has 2 fully saturated rings. The van der Waals surface area contributed by atoms with E-state index >= 15 is 0 Å². The van der Waals surface area contributed by atoms with Crippen molar-refractivity contribution in [2.75, 3.05) is 18.0 Å². The molecule has 0 aromatic heterocycles. The summed E-state index contributed by atoms with van der Waals surface area (Å²) in [6, 6.07) is 7.23. The minimum atomic E-state index is -4.12. The van der Waals surface area contributed by atoms with Gasteiger partial charge in [-0.05, 0) is 62.8 Å². The molecule has 1 N–H and O–H groups in total. The quantitative estimate of drug-likeness (QED) is 0.802. The highest BCUT2D eigenvalue weighted by molar-refractivity contribution is 5.79. The molecule has 1 aliphatic carbocycles. The number of amides is 1. The molecular weight excluding hydrogens is 357 g/mol. The van der Waals surface area contributed by atoms with Crippen molar-refractivity contribution in [1.29, 1.82) is 0 Å². The number of hydrogen-bond donors (Lipinski definition) is 1. The Hall–Kier alpha value is -2.05. The van der Waals surface area contributed by atoms with Crippen molar-refractivity contribution in [3.8, 4) is 0 Å². The van der Waals surface area contributed by atoms with Crippen molar-refractivity contribution < 1.29 is 22.8 Å². The van der Waals surface area contributed by atoms with Gasteiger partial charge in [-0.1, -0.05) is 0 Å². The molecule has 0 unspecified atom stereocenters. The molecular formula is C20H25F3N2O2. The molecule has 1 saturated carbocycles. The number of halogens is 3. The molecule has 1 aromatic carbocycles. The third-order valence-electron chi connectivity index (χ3n) is 5.80. The normalized spacial score (nSPS) is 24.5. The Kier molecular flexibility index (Phi) is 6.07. The third kappa shape index (κ3) is 5.02. The van der Waals surface area contributed by atoms with E-state index in [-0.39, 0.29) is 30.7 Å². The summed E-state index contributed by atoms with van der Waals surface area (Å²) in [5.41, 5.74) is 1.66. The lowest BCUT2D eigenvalue weighted by Crippen LogP contribution is -2.45. The molecule has 4 nitrogen and oxygen atoms in total. The summed E-state index contributed by atoms with van der Waals surface area (Å²) in [5, 5.41) is 2.97. The topological polar surface area (TPSA) is 49.4 Å². The first-order valence-electron chi connectivity index (χ1n) is 9.54. The number of hydrogen-bond acceptors (Lipinski definition) is 3. The summed E-state index contributed by atoms with van der Waals surface area (Å²) in [6.45, 7) is 1.50. The van der Waals surface area contributed by atoms with E-state index in [1.54, 1.807) is 12.1 Å². The van der Waals surface area contributed by atoms with Crippen molar-refractivity contribution in [2.45, 2.75) is 50.7 Å². The molecule has 27 heavy (non-hydrogen) atoms. The highest BCUT2D eigenvalue weighted by Gasteiger charge is 2.41. The second-order valence-electron chi connectivity index (χ2n) is 7.57. The summed E-state index contributed by atoms with van der Waals surface area (Å²) >= 11 is 0. The standard InChI is InChI=1S/C20H25F3N2O2/c21-20(22,23)16-3-5-17(6-4-16)24-19(27)15-9-11-25(12-10-15)18-7-1-14(13-26)2-8-18/h1-2,7-8,13,15-17H,3-6,9-12H2,(H,24,27). The number of carbonyl (C=O) groups is 2. The van der Waals surface area contributed by atoms with E-state index in [4.69, 9.17) is 0 Å². The number of piperidine rings is 1. The van der Waals surface area contributed by atoms with Crippen LogP contribution in [-0.2, 0) is 4.79 Å². The van der Waals surface area contributed by atoms with Crippen LogP contribution in [0.4, 0.5) is 18.9 Å². The van der Waals surface area contributed by atoms with E-state index in [2.05, 4.69) is 10.2 Å². The van der Waals surface area contributed by atoms with Crippen LogP contribution in [0.2, 0.25) is 0 Å². The fraction of sp³-hybridized carbons (Fsp3) is 0.600. The number of anilines is 1. The van der Waals surface area contributed by atoms with E-state index in [0.717, 1.165) is 37.9 Å². The first kappa shape index (κ1) is 19.7. The Balaban J connectivity index is 1.44. The average Bonchev–Trinajstić information content (AvgIpc) is 2.68. The summed E-state index contributed by atoms with van der Waals surface area (Å²) in [5.74, 6) is -1.34. The van der Waals surface area contributed by atoms with Crippen LogP contribution < -0.4 is 10.2 Å². The van der Waals surface area contributed by atoms with E-state index in [9.17, 15) is 22.8 Å². The largest absolute Gasteiger partial charge is 0.391 e. The minimum absolute atomic E-state index is 0.0265. The number of aldehydes is 1. The van der Waals surface area contributed by atoms with Gasteiger partial charge in [-0.25, -0.2) is 0 Å². The Morgan fingerprint density at radius 1 is 1.00 bits per heavy atom. The van der Waals surface area contributed by atoms with Gasteiger partial charge in [-0.15, -0.1) is 0 Å². The van der Waals surface area contributed by atoms with E-state index in [0.29, 0.717) is 18.4 Å². The Morgan fingerprint density at radius 3 is 2.11 bits per heavy atom. The van der Waals surface area contributed by atoms with Crippen LogP contribution in [0.3, 0.4) is 0 Å². The zero-order valence-electron chi connectivity index (χ0n) is 15.2. The van der Waals surface area contributed by atoms with Gasteiger partial charge in [-0.2, -0.15) is 13.2 Å². The number of rotatable bonds is 4. The molecule has 1 aromatic rings. The van der Waals surface area contributed by atoms with Crippen molar-refractivity contribution >= 4 is 17.9 Å². The lowest BCUT2D eigenvalue weighted by molar-refractivity contribution is -0.182. The Bertz CT molecular complexity index is 644. The Morgan fingerprint density at radius 2 is 1.59 bits per heavy atom. The fourth-order valence-corrected chi connectivity index (χ4v) is 4.05. The number of alkyl halides is 3. The molecule has 0 radical (unpaired) electrons. The van der Waals surface area contributed by atoms with Gasteiger partial charge in [0.1, 0.15) is 6.29 Å². The molecule has 1 amide bonds. The van der Waals surface area contributed by atoms with Crippen LogP contribution in [0.15, 0.2) is 24.3 Å². The van der Waals surface area contributed by atoms with Gasteiger partial charge in [-0.3, -0.25) is 9.59 Å². The molecule has 1 aliphatic heterocycles. The number of carbonyl (C=O) groups excluding carboxylic acids is 2. The van der Waals surface area contributed by atoms with Gasteiger partial charge in [0.25, 0.3) is 0 Å². The molecule has 0 atom stereocenters. The molecule has 2 aliphatic rings. The second-order valence-corrected chi connectivity index (χ2v) is 7.57. The SMILES string of the molecule is O=Cc1ccc(N2CCC(C(=O)NC3CCC(C(F)(F)F)CC3)CC2)cc1. The van der Waals surface area contributed by atoms with E-state index in [1.165, 1.54) is 0 Å². The summed E-state index contributed by atoms with van der Waals surface area (Å²) in [6.07, 6.45) is -0.865. The van der Waals surface area contributed by atoms with Gasteiger partial charge in [0.2, 0.25) is 5.91 Å². The molecule has 7 heteroatoms. The summed E-state index contributed by atoms with van der Waals surface area (Å²) in [7, 11) is 0. The van der Waals surface area contributed by atoms with Crippen LogP contribution in [0.5, 0.6) is 0 Å². The third-order valence-corrected chi connectivity index (χ3v) is 5.80. The van der Waals surface area contributed by atoms with Gasteiger partial charge < -0.3 is 10.2 Å². The van der Waals surface area contributed by atoms with Crippen molar-refractivity contribution in [3.05, 3.63) is 29.8 Å². The zero-order chi connectivity index (χ0) is 19.4. The molecule has 3 rings (SSSR count). The molecule has 1 heterocycles. The van der Waals surface area contributed by atoms with Gasteiger partial charge in [0.15, 0.2) is 0 Å². The van der Waals surface area contributed by atoms with Gasteiger partial charge in [0, 0.05) is 36.3 Å². The van der Waals surface area contributed by atoms with Gasteiger partial charge in [0.05, 0.1) is 5.92 Å². The monoisotopic (exact) mass is 382 g/mol. The lowest BCUT2D eigenvalue weighted by atomic mass is 9.85. The van der Waals surface area contributed by atoms with Crippen LogP contribution in [0.25, 0.3) is 0 Å². The fourth-order valence-electron chi connectivity index (χ4n) is 4.05. The lowest BCUT2D eigenvalue weighted by Gasteiger charge is -2.35. The Labute approximate surface area is 157 Å². The number of nitrogens with zero attached hydrogens (tertiary/aromatic N) is 1. The van der Waals surface area contributed by atoms with Crippen LogP contribution in [-0.4, -0.2) is 37.5 Å². The van der Waals surface area contributed by atoms with E-state index in [1.807, 2.05) is 12.1 Å². The van der Waals surface area contributed by atoms with Crippen molar-refractivity contribution in [1.82, 2.24) is 5.32 Å². The molecule has 0 bridgehead atoms. The molecule has 0 spiro atoms. The number of nitrogens with one attached hydrogen (secondary N) is 1. The zero-order valence-corrected chi connectivity index (χ0v) is 15.2. The van der Waals surface area contributed by atoms with Crippen molar-refractivity contribution in [2.24, 2.45) is 11.8 Å². The second kappa shape index (κ2) is 8.31. The highest BCUT2D eigenvalue weighted by atomic mass is 19.4. The van der Waals surface area contributed by atoms with E-state index < -0.39 is 12.1 Å². The average molecular weight is 382 g/mol. The highest BCUT2D eigenvalue weighted by Crippen LogP contribution is 2.37. The van der Waals surface area contributed by atoms with Crippen molar-refractivity contribution in [3.63, 3.8) is 0 Å². The smallest absolute Gasteiger partial charge is 0.371 e. The summed E-state index contributed by atoms with van der Waals surface area (Å²) < 4.78 is 38.2. The first-order valence-corrected chi connectivity index (χ1v) is 9.54. The molecule has 148 valence electrons. The van der Waals surface area contributed by atoms with Gasteiger partial charge >= 0.3 is 6.18 Å². The van der Waals surface area contributed by atoms with Crippen LogP contribution in [0, 0.1) is 11.8 Å². The minimum Gasteiger partial charge on any atom is -0.371 e. The summed E-state index contributed by atoms with van der Waals surface area (Å²) in [4.78, 5) is 25.4. The molecule has 1 saturated heterocycles.